The van der Waals surface area contributed by atoms with E-state index in [4.69, 9.17) is 5.11 Å². The summed E-state index contributed by atoms with van der Waals surface area (Å²) in [5.74, 6) is -5.98. The minimum Gasteiger partial charge on any atom is -0.550 e. The number of hydrogen-bond donors (Lipinski definition) is 1. The van der Waals surface area contributed by atoms with E-state index in [9.17, 15) is 29.7 Å². The summed E-state index contributed by atoms with van der Waals surface area (Å²) in [7, 11) is 0. The van der Waals surface area contributed by atoms with Crippen LogP contribution in [-0.4, -0.2) is 34.1 Å². The van der Waals surface area contributed by atoms with Gasteiger partial charge in [-0.05, 0) is 0 Å². The average molecular weight is 214 g/mol. The van der Waals surface area contributed by atoms with E-state index in [2.05, 4.69) is 0 Å². The normalized spacial score (nSPS) is 9.40. The molecule has 0 aliphatic carbocycles. The van der Waals surface area contributed by atoms with Crippen LogP contribution in [0.2, 0.25) is 0 Å². The fourth-order valence-electron chi connectivity index (χ4n) is 0.684. The zero-order chi connectivity index (χ0) is 10.6. The molecule has 0 bridgehead atoms. The molecule has 0 radical (unpaired) electrons. The van der Waals surface area contributed by atoms with E-state index in [1.165, 1.54) is 0 Å². The van der Waals surface area contributed by atoms with Gasteiger partial charge >= 0.3 is 18.9 Å². The maximum Gasteiger partial charge on any atom is 1.00 e. The molecule has 0 aliphatic heterocycles. The van der Waals surface area contributed by atoms with E-state index >= 15 is 0 Å². The average Bonchev–Trinajstić information content (AvgIpc) is 1.82. The molecule has 0 fully saturated rings. The van der Waals surface area contributed by atoms with Crippen molar-refractivity contribution in [3.05, 3.63) is 0 Å². The van der Waals surface area contributed by atoms with Gasteiger partial charge < -0.3 is 40.3 Å². The van der Waals surface area contributed by atoms with Gasteiger partial charge in [0.05, 0.1) is 5.97 Å². The van der Waals surface area contributed by atoms with E-state index in [1.807, 2.05) is 0 Å². The molecule has 0 atom stereocenters. The second-order valence-corrected chi connectivity index (χ2v) is 2.42. The van der Waals surface area contributed by atoms with Gasteiger partial charge in [0, 0.05) is 24.8 Å². The summed E-state index contributed by atoms with van der Waals surface area (Å²) in [6.45, 7) is 0. The van der Waals surface area contributed by atoms with Crippen molar-refractivity contribution in [3.63, 3.8) is 0 Å². The van der Waals surface area contributed by atoms with Crippen LogP contribution in [0.25, 0.3) is 0 Å². The molecule has 0 saturated carbocycles. The second-order valence-electron chi connectivity index (χ2n) is 2.42. The van der Waals surface area contributed by atoms with Crippen LogP contribution in [0.5, 0.6) is 0 Å². The van der Waals surface area contributed by atoms with Gasteiger partial charge in [-0.15, -0.1) is 0 Å². The molecule has 0 spiro atoms. The number of hydrogen-bond acceptors (Lipinski definition) is 7. The first kappa shape index (κ1) is 19.5. The Morgan fingerprint density at radius 3 is 1.40 bits per heavy atom. The molecule has 0 heterocycles. The second kappa shape index (κ2) is 7.25. The fourth-order valence-corrected chi connectivity index (χ4v) is 0.684. The molecule has 0 aromatic heterocycles. The third-order valence-electron chi connectivity index (χ3n) is 1.25. The summed E-state index contributed by atoms with van der Waals surface area (Å²) < 4.78 is 0. The zero-order valence-corrected chi connectivity index (χ0v) is 7.81. The molecule has 0 aromatic rings. The van der Waals surface area contributed by atoms with Crippen LogP contribution in [0.15, 0.2) is 0 Å². The Balaban J connectivity index is -0.000000720. The zero-order valence-electron chi connectivity index (χ0n) is 7.81. The van der Waals surface area contributed by atoms with Crippen LogP contribution in [0.4, 0.5) is 0 Å². The number of carbonyl (C=O) groups excluding carboxylic acids is 3. The summed E-state index contributed by atoms with van der Waals surface area (Å²) in [5, 5.41) is 38.9. The number of carboxylic acid groups (broad SMARTS) is 3. The fraction of sp³-hybridized carbons (Fsp3) is 0.500. The van der Waals surface area contributed by atoms with Crippen molar-refractivity contribution in [3.8, 4) is 0 Å². The first-order valence-corrected chi connectivity index (χ1v) is 3.11. The third-order valence-corrected chi connectivity index (χ3v) is 1.25. The monoisotopic (exact) mass is 214 g/mol. The first-order chi connectivity index (χ1) is 5.78. The van der Waals surface area contributed by atoms with Gasteiger partial charge in [0.1, 0.15) is 5.60 Å². The minimum absolute atomic E-state index is 0. The third kappa shape index (κ3) is 6.93. The van der Waals surface area contributed by atoms with E-state index in [0.717, 1.165) is 0 Å². The summed E-state index contributed by atoms with van der Waals surface area (Å²) in [6.07, 6.45) is -2.72. The van der Waals surface area contributed by atoms with Gasteiger partial charge in [-0.25, -0.2) is 0 Å². The maximum atomic E-state index is 10.1. The number of aliphatic hydroxyl groups is 1. The molecule has 0 amide bonds. The number of aliphatic carboxylic acids is 3. The SMILES string of the molecule is O.O=C([O-])CC(O)(CC(=O)[O-])C(=O)[O-].[Li+]. The van der Waals surface area contributed by atoms with Crippen molar-refractivity contribution in [1.82, 2.24) is 0 Å². The van der Waals surface area contributed by atoms with E-state index < -0.39 is 36.4 Å². The van der Waals surface area contributed by atoms with Crippen molar-refractivity contribution >= 4 is 17.9 Å². The van der Waals surface area contributed by atoms with Crippen LogP contribution in [0.3, 0.4) is 0 Å². The molecule has 0 aliphatic rings. The van der Waals surface area contributed by atoms with Gasteiger partial charge in [0.15, 0.2) is 0 Å². The van der Waals surface area contributed by atoms with Crippen LogP contribution >= 0.6 is 0 Å². The van der Waals surface area contributed by atoms with E-state index in [1.54, 1.807) is 0 Å². The molecule has 0 rings (SSSR count). The predicted octanol–water partition coefficient (Wildman–Crippen LogP) is -9.07. The van der Waals surface area contributed by atoms with Gasteiger partial charge in [-0.2, -0.15) is 0 Å². The van der Waals surface area contributed by atoms with Crippen molar-refractivity contribution < 1.29 is 59.1 Å². The van der Waals surface area contributed by atoms with E-state index in [0.29, 0.717) is 0 Å². The van der Waals surface area contributed by atoms with E-state index in [-0.39, 0.29) is 24.3 Å². The Bertz CT molecular complexity index is 234. The molecule has 82 valence electrons. The maximum absolute atomic E-state index is 10.1. The summed E-state index contributed by atoms with van der Waals surface area (Å²) in [6, 6.07) is 0. The van der Waals surface area contributed by atoms with Gasteiger partial charge in [-0.1, -0.05) is 0 Å². The largest absolute Gasteiger partial charge is 1.00 e. The van der Waals surface area contributed by atoms with Crippen molar-refractivity contribution in [2.75, 3.05) is 0 Å². The Morgan fingerprint density at radius 2 is 1.27 bits per heavy atom. The molecule has 0 aromatic carbocycles. The van der Waals surface area contributed by atoms with Gasteiger partial charge in [0.25, 0.3) is 0 Å². The summed E-state index contributed by atoms with van der Waals surface area (Å²) >= 11 is 0. The van der Waals surface area contributed by atoms with Gasteiger partial charge in [-0.3, -0.25) is 0 Å². The molecular formula is C6H7LiO8-2. The predicted molar refractivity (Wildman–Crippen MR) is 32.8 cm³/mol. The minimum atomic E-state index is -2.97. The Morgan fingerprint density at radius 1 is 1.00 bits per heavy atom. The molecular weight excluding hydrogens is 207 g/mol. The molecule has 0 saturated heterocycles. The van der Waals surface area contributed by atoms with Crippen molar-refractivity contribution in [2.24, 2.45) is 0 Å². The molecule has 0 unspecified atom stereocenters. The Hall–Kier alpha value is -1.07. The topological polar surface area (TPSA) is 172 Å². The van der Waals surface area contributed by atoms with Crippen LogP contribution in [-0.2, 0) is 14.4 Å². The van der Waals surface area contributed by atoms with Gasteiger partial charge in [0.2, 0.25) is 0 Å². The summed E-state index contributed by atoms with van der Waals surface area (Å²) in [4.78, 5) is 30.0. The standard InChI is InChI=1S/C6H8O7.Li.H2O/c7-3(8)1-6(13,5(11)12)2-4(9)10;;/h13H,1-2H2,(H,7,8)(H,9,10)(H,11,12);;1H2/q;+1;/p-3. The smallest absolute Gasteiger partial charge is 0.550 e. The molecule has 3 N–H and O–H groups in total. The molecule has 8 nitrogen and oxygen atoms in total. The first-order valence-electron chi connectivity index (χ1n) is 3.11. The van der Waals surface area contributed by atoms with Crippen molar-refractivity contribution in [2.45, 2.75) is 18.4 Å². The van der Waals surface area contributed by atoms with Crippen LogP contribution in [0.1, 0.15) is 12.8 Å². The Labute approximate surface area is 96.0 Å². The Kier molecular flexibility index (Phi) is 9.42. The molecule has 9 heteroatoms. The van der Waals surface area contributed by atoms with Crippen LogP contribution in [0, 0.1) is 0 Å². The number of carboxylic acids is 3. The summed E-state index contributed by atoms with van der Waals surface area (Å²) in [5.41, 5.74) is -2.97. The molecule has 15 heavy (non-hydrogen) atoms. The number of carbonyl (C=O) groups is 3. The van der Waals surface area contributed by atoms with Crippen LogP contribution < -0.4 is 34.2 Å². The van der Waals surface area contributed by atoms with Crippen molar-refractivity contribution in [1.29, 1.82) is 0 Å². The quantitative estimate of drug-likeness (QED) is 0.442. The number of rotatable bonds is 5.